The number of benzene rings is 1. The van der Waals surface area contributed by atoms with Gasteiger partial charge in [0.25, 0.3) is 0 Å². The zero-order chi connectivity index (χ0) is 13.5. The van der Waals surface area contributed by atoms with Crippen LogP contribution in [0.5, 0.6) is 0 Å². The van der Waals surface area contributed by atoms with E-state index >= 15 is 0 Å². The molecule has 1 heterocycles. The van der Waals surface area contributed by atoms with Gasteiger partial charge in [0.05, 0.1) is 13.2 Å². The zero-order valence-electron chi connectivity index (χ0n) is 12.2. The number of rotatable bonds is 6. The van der Waals surface area contributed by atoms with Crippen LogP contribution in [-0.2, 0) is 4.74 Å². The molecule has 0 aliphatic carbocycles. The molecule has 1 fully saturated rings. The largest absolute Gasteiger partial charge is 0.383 e. The Morgan fingerprint density at radius 2 is 1.89 bits per heavy atom. The van der Waals surface area contributed by atoms with Crippen molar-refractivity contribution >= 4 is 11.4 Å². The number of unbranched alkanes of at least 4 members (excludes halogenated alkanes) is 1. The van der Waals surface area contributed by atoms with Gasteiger partial charge in [-0.3, -0.25) is 0 Å². The van der Waals surface area contributed by atoms with Crippen LogP contribution in [-0.4, -0.2) is 32.3 Å². The predicted octanol–water partition coefficient (Wildman–Crippen LogP) is 3.51. The molecule has 1 aliphatic rings. The number of nitrogens with one attached hydrogen (secondary N) is 1. The number of nitrogens with zero attached hydrogens (tertiary/aromatic N) is 1. The minimum Gasteiger partial charge on any atom is -0.383 e. The van der Waals surface area contributed by atoms with Gasteiger partial charge < -0.3 is 15.0 Å². The summed E-state index contributed by atoms with van der Waals surface area (Å²) < 4.78 is 5.38. The molecule has 3 nitrogen and oxygen atoms in total. The second-order valence-corrected chi connectivity index (χ2v) is 5.33. The SMILES string of the molecule is CCCCC(C)Nc1ccc(N2CCOCC2)cc1. The first-order valence-corrected chi connectivity index (χ1v) is 7.49. The monoisotopic (exact) mass is 262 g/mol. The summed E-state index contributed by atoms with van der Waals surface area (Å²) in [5.74, 6) is 0. The molecule has 1 saturated heterocycles. The molecule has 1 aliphatic heterocycles. The molecule has 1 N–H and O–H groups in total. The average molecular weight is 262 g/mol. The minimum atomic E-state index is 0.550. The summed E-state index contributed by atoms with van der Waals surface area (Å²) in [6.07, 6.45) is 3.80. The normalized spacial score (nSPS) is 17.3. The van der Waals surface area contributed by atoms with E-state index in [2.05, 4.69) is 48.3 Å². The smallest absolute Gasteiger partial charge is 0.0642 e. The molecule has 3 heteroatoms. The second-order valence-electron chi connectivity index (χ2n) is 5.33. The third-order valence-corrected chi connectivity index (χ3v) is 3.65. The van der Waals surface area contributed by atoms with Gasteiger partial charge in [-0.15, -0.1) is 0 Å². The molecule has 0 saturated carbocycles. The van der Waals surface area contributed by atoms with E-state index in [0.29, 0.717) is 6.04 Å². The Morgan fingerprint density at radius 3 is 2.53 bits per heavy atom. The van der Waals surface area contributed by atoms with E-state index in [1.807, 2.05) is 0 Å². The Morgan fingerprint density at radius 1 is 1.21 bits per heavy atom. The van der Waals surface area contributed by atoms with Crippen molar-refractivity contribution in [2.24, 2.45) is 0 Å². The Hall–Kier alpha value is -1.22. The molecule has 0 spiro atoms. The van der Waals surface area contributed by atoms with Gasteiger partial charge in [-0.25, -0.2) is 0 Å². The van der Waals surface area contributed by atoms with Crippen LogP contribution >= 0.6 is 0 Å². The van der Waals surface area contributed by atoms with Gasteiger partial charge in [-0.05, 0) is 37.6 Å². The number of morpholine rings is 1. The van der Waals surface area contributed by atoms with Gasteiger partial charge in [-0.2, -0.15) is 0 Å². The Balaban J connectivity index is 1.86. The second kappa shape index (κ2) is 7.39. The molecular weight excluding hydrogens is 236 g/mol. The van der Waals surface area contributed by atoms with Gasteiger partial charge in [0, 0.05) is 30.5 Å². The van der Waals surface area contributed by atoms with Crippen molar-refractivity contribution in [1.29, 1.82) is 0 Å². The molecule has 0 radical (unpaired) electrons. The lowest BCUT2D eigenvalue weighted by molar-refractivity contribution is 0.122. The quantitative estimate of drug-likeness (QED) is 0.849. The number of hydrogen-bond donors (Lipinski definition) is 1. The van der Waals surface area contributed by atoms with Crippen molar-refractivity contribution < 1.29 is 4.74 Å². The molecule has 2 rings (SSSR count). The molecule has 1 aromatic rings. The summed E-state index contributed by atoms with van der Waals surface area (Å²) in [6, 6.07) is 9.34. The van der Waals surface area contributed by atoms with Gasteiger partial charge in [-0.1, -0.05) is 19.8 Å². The maximum atomic E-state index is 5.38. The lowest BCUT2D eigenvalue weighted by atomic mass is 10.1. The molecule has 1 unspecified atom stereocenters. The van der Waals surface area contributed by atoms with Crippen molar-refractivity contribution in [3.8, 4) is 0 Å². The Kier molecular flexibility index (Phi) is 5.52. The van der Waals surface area contributed by atoms with Crippen LogP contribution in [0.2, 0.25) is 0 Å². The molecule has 0 bridgehead atoms. The number of anilines is 2. The lowest BCUT2D eigenvalue weighted by Gasteiger charge is -2.29. The van der Waals surface area contributed by atoms with Crippen molar-refractivity contribution in [3.63, 3.8) is 0 Å². The molecular formula is C16H26N2O. The highest BCUT2D eigenvalue weighted by molar-refractivity contribution is 5.55. The van der Waals surface area contributed by atoms with Gasteiger partial charge in [0.1, 0.15) is 0 Å². The minimum absolute atomic E-state index is 0.550. The fraction of sp³-hybridized carbons (Fsp3) is 0.625. The summed E-state index contributed by atoms with van der Waals surface area (Å²) in [5, 5.41) is 3.56. The highest BCUT2D eigenvalue weighted by Gasteiger charge is 2.10. The van der Waals surface area contributed by atoms with Crippen LogP contribution in [0.3, 0.4) is 0 Å². The number of ether oxygens (including phenoxy) is 1. The van der Waals surface area contributed by atoms with Gasteiger partial charge >= 0.3 is 0 Å². The van der Waals surface area contributed by atoms with Crippen LogP contribution in [0.25, 0.3) is 0 Å². The molecule has 0 aromatic heterocycles. The Labute approximate surface area is 116 Å². The van der Waals surface area contributed by atoms with Crippen LogP contribution < -0.4 is 10.2 Å². The summed E-state index contributed by atoms with van der Waals surface area (Å²) in [7, 11) is 0. The van der Waals surface area contributed by atoms with E-state index in [9.17, 15) is 0 Å². The maximum absolute atomic E-state index is 5.38. The summed E-state index contributed by atoms with van der Waals surface area (Å²) in [4.78, 5) is 2.38. The third-order valence-electron chi connectivity index (χ3n) is 3.65. The Bertz CT molecular complexity index is 358. The van der Waals surface area contributed by atoms with Crippen LogP contribution in [0, 0.1) is 0 Å². The lowest BCUT2D eigenvalue weighted by Crippen LogP contribution is -2.36. The molecule has 106 valence electrons. The molecule has 1 aromatic carbocycles. The fourth-order valence-corrected chi connectivity index (χ4v) is 2.46. The van der Waals surface area contributed by atoms with E-state index in [-0.39, 0.29) is 0 Å². The van der Waals surface area contributed by atoms with Crippen molar-refractivity contribution in [2.75, 3.05) is 36.5 Å². The first-order chi connectivity index (χ1) is 9.29. The van der Waals surface area contributed by atoms with Gasteiger partial charge in [0.15, 0.2) is 0 Å². The number of hydrogen-bond acceptors (Lipinski definition) is 3. The van der Waals surface area contributed by atoms with E-state index in [4.69, 9.17) is 4.74 Å². The van der Waals surface area contributed by atoms with Crippen molar-refractivity contribution in [1.82, 2.24) is 0 Å². The standard InChI is InChI=1S/C16H26N2O/c1-3-4-5-14(2)17-15-6-8-16(9-7-15)18-10-12-19-13-11-18/h6-9,14,17H,3-5,10-13H2,1-2H3. The highest BCUT2D eigenvalue weighted by Crippen LogP contribution is 2.20. The van der Waals surface area contributed by atoms with Crippen LogP contribution in [0.1, 0.15) is 33.1 Å². The summed E-state index contributed by atoms with van der Waals surface area (Å²) in [5.41, 5.74) is 2.52. The average Bonchev–Trinajstić information content (AvgIpc) is 2.47. The summed E-state index contributed by atoms with van der Waals surface area (Å²) >= 11 is 0. The predicted molar refractivity (Wildman–Crippen MR) is 82.1 cm³/mol. The van der Waals surface area contributed by atoms with Crippen LogP contribution in [0.4, 0.5) is 11.4 Å². The van der Waals surface area contributed by atoms with Gasteiger partial charge in [0.2, 0.25) is 0 Å². The first kappa shape index (κ1) is 14.2. The van der Waals surface area contributed by atoms with Crippen molar-refractivity contribution in [3.05, 3.63) is 24.3 Å². The van der Waals surface area contributed by atoms with Crippen molar-refractivity contribution in [2.45, 2.75) is 39.2 Å². The summed E-state index contributed by atoms with van der Waals surface area (Å²) in [6.45, 7) is 8.18. The van der Waals surface area contributed by atoms with E-state index < -0.39 is 0 Å². The maximum Gasteiger partial charge on any atom is 0.0642 e. The topological polar surface area (TPSA) is 24.5 Å². The molecule has 1 atom stereocenters. The third kappa shape index (κ3) is 4.43. The highest BCUT2D eigenvalue weighted by atomic mass is 16.5. The first-order valence-electron chi connectivity index (χ1n) is 7.49. The zero-order valence-corrected chi connectivity index (χ0v) is 12.2. The molecule has 19 heavy (non-hydrogen) atoms. The fourth-order valence-electron chi connectivity index (χ4n) is 2.46. The van der Waals surface area contributed by atoms with E-state index in [1.54, 1.807) is 0 Å². The van der Waals surface area contributed by atoms with Crippen LogP contribution in [0.15, 0.2) is 24.3 Å². The van der Waals surface area contributed by atoms with E-state index in [0.717, 1.165) is 26.3 Å². The molecule has 0 amide bonds. The van der Waals surface area contributed by atoms with E-state index in [1.165, 1.54) is 30.6 Å².